The van der Waals surface area contributed by atoms with Crippen LogP contribution in [0.15, 0.2) is 23.2 Å². The maximum Gasteiger partial charge on any atom is 0.0791 e. The highest BCUT2D eigenvalue weighted by Crippen LogP contribution is 2.24. The minimum absolute atomic E-state index is 0.510. The molecule has 0 spiro atoms. The summed E-state index contributed by atoms with van der Waals surface area (Å²) >= 11 is 0. The molecule has 0 aliphatic rings. The lowest BCUT2D eigenvalue weighted by Gasteiger charge is -2.22. The number of hydrogen-bond acceptors (Lipinski definition) is 3. The molecule has 0 fully saturated rings. The monoisotopic (exact) mass is 212 g/mol. The van der Waals surface area contributed by atoms with Gasteiger partial charge in [-0.15, -0.1) is 0 Å². The van der Waals surface area contributed by atoms with E-state index in [9.17, 15) is 4.21 Å². The van der Waals surface area contributed by atoms with Crippen LogP contribution in [-0.2, 0) is 9.73 Å². The molecule has 1 heterocycles. The van der Waals surface area contributed by atoms with Crippen molar-refractivity contribution in [3.05, 3.63) is 24.0 Å². The number of aryl methyl sites for hydroxylation is 1. The minimum atomic E-state index is -2.76. The Labute approximate surface area is 85.5 Å². The smallest absolute Gasteiger partial charge is 0.0791 e. The van der Waals surface area contributed by atoms with E-state index in [4.69, 9.17) is 4.78 Å². The second-order valence-electron chi connectivity index (χ2n) is 4.30. The lowest BCUT2D eigenvalue weighted by atomic mass is 10.3. The van der Waals surface area contributed by atoms with Crippen LogP contribution in [0.1, 0.15) is 26.5 Å². The number of hydrogen-bond donors (Lipinski definition) is 1. The van der Waals surface area contributed by atoms with E-state index >= 15 is 0 Å². The zero-order chi connectivity index (χ0) is 11.0. The zero-order valence-electron chi connectivity index (χ0n) is 9.00. The molecule has 3 nitrogen and oxygen atoms in total. The molecule has 1 rings (SSSR count). The van der Waals surface area contributed by atoms with Gasteiger partial charge in [-0.1, -0.05) is 0 Å². The van der Waals surface area contributed by atoms with Crippen LogP contribution in [0, 0.1) is 11.7 Å². The number of nitrogens with zero attached hydrogens (tertiary/aromatic N) is 1. The summed E-state index contributed by atoms with van der Waals surface area (Å²) in [6.07, 6.45) is 1.54. The van der Waals surface area contributed by atoms with Crippen molar-refractivity contribution in [2.75, 3.05) is 0 Å². The first-order valence-electron chi connectivity index (χ1n) is 4.46. The van der Waals surface area contributed by atoms with E-state index in [1.54, 1.807) is 12.1 Å². The van der Waals surface area contributed by atoms with Crippen molar-refractivity contribution in [2.45, 2.75) is 37.3 Å². The SMILES string of the molecule is Cc1ccc(S(=N)(=O)C(C)(C)C)cn1. The molecular formula is C10H16N2OS. The van der Waals surface area contributed by atoms with E-state index in [1.165, 1.54) is 6.20 Å². The Morgan fingerprint density at radius 1 is 1.36 bits per heavy atom. The summed E-state index contributed by atoms with van der Waals surface area (Å²) in [6.45, 7) is 7.29. The molecule has 1 atom stereocenters. The van der Waals surface area contributed by atoms with E-state index in [-0.39, 0.29) is 0 Å². The first-order valence-corrected chi connectivity index (χ1v) is 6.02. The summed E-state index contributed by atoms with van der Waals surface area (Å²) in [5.41, 5.74) is 0.873. The van der Waals surface area contributed by atoms with Gasteiger partial charge in [-0.05, 0) is 39.8 Å². The lowest BCUT2D eigenvalue weighted by Crippen LogP contribution is -2.26. The van der Waals surface area contributed by atoms with E-state index in [1.807, 2.05) is 27.7 Å². The van der Waals surface area contributed by atoms with Gasteiger partial charge in [0.2, 0.25) is 0 Å². The van der Waals surface area contributed by atoms with E-state index in [0.717, 1.165) is 5.69 Å². The molecule has 0 bridgehead atoms. The maximum absolute atomic E-state index is 12.1. The van der Waals surface area contributed by atoms with E-state index in [2.05, 4.69) is 4.98 Å². The summed E-state index contributed by atoms with van der Waals surface area (Å²) in [7, 11) is -2.76. The molecular weight excluding hydrogens is 196 g/mol. The first-order chi connectivity index (χ1) is 6.25. The second-order valence-corrected chi connectivity index (χ2v) is 7.11. The van der Waals surface area contributed by atoms with Crippen LogP contribution in [0.4, 0.5) is 0 Å². The highest BCUT2D eigenvalue weighted by molar-refractivity contribution is 7.93. The van der Waals surface area contributed by atoms with Crippen LogP contribution in [-0.4, -0.2) is 13.9 Å². The van der Waals surface area contributed by atoms with Gasteiger partial charge < -0.3 is 0 Å². The number of pyridine rings is 1. The largest absolute Gasteiger partial charge is 0.260 e. The molecule has 0 amide bonds. The summed E-state index contributed by atoms with van der Waals surface area (Å²) in [6, 6.07) is 3.51. The number of aromatic nitrogens is 1. The molecule has 1 aromatic heterocycles. The molecule has 14 heavy (non-hydrogen) atoms. The topological polar surface area (TPSA) is 53.8 Å². The van der Waals surface area contributed by atoms with Crippen molar-refractivity contribution in [1.29, 1.82) is 4.78 Å². The fourth-order valence-corrected chi connectivity index (χ4v) is 2.15. The van der Waals surface area contributed by atoms with Crippen LogP contribution in [0.5, 0.6) is 0 Å². The van der Waals surface area contributed by atoms with E-state index in [0.29, 0.717) is 4.90 Å². The standard InChI is InChI=1S/C10H16N2OS/c1-8-5-6-9(7-12-8)14(11,13)10(2,3)4/h5-7,11H,1-4H3. The zero-order valence-corrected chi connectivity index (χ0v) is 9.81. The van der Waals surface area contributed by atoms with Gasteiger partial charge in [0, 0.05) is 16.6 Å². The Kier molecular flexibility index (Phi) is 2.67. The van der Waals surface area contributed by atoms with Gasteiger partial charge in [0.1, 0.15) is 0 Å². The predicted molar refractivity (Wildman–Crippen MR) is 57.9 cm³/mol. The molecule has 0 aliphatic carbocycles. The van der Waals surface area contributed by atoms with Crippen LogP contribution in [0.2, 0.25) is 0 Å². The Bertz CT molecular complexity index is 412. The molecule has 1 N–H and O–H groups in total. The Morgan fingerprint density at radius 2 is 1.93 bits per heavy atom. The minimum Gasteiger partial charge on any atom is -0.260 e. The molecule has 1 aromatic rings. The third-order valence-electron chi connectivity index (χ3n) is 2.08. The molecule has 0 aromatic carbocycles. The summed E-state index contributed by atoms with van der Waals surface area (Å²) in [5, 5.41) is 0. The van der Waals surface area contributed by atoms with Gasteiger partial charge in [-0.3, -0.25) is 4.98 Å². The molecule has 1 unspecified atom stereocenters. The van der Waals surface area contributed by atoms with Crippen LogP contribution in [0.3, 0.4) is 0 Å². The first kappa shape index (κ1) is 11.2. The second kappa shape index (κ2) is 3.35. The molecule has 0 saturated heterocycles. The van der Waals surface area contributed by atoms with Crippen molar-refractivity contribution >= 4 is 9.73 Å². The van der Waals surface area contributed by atoms with Gasteiger partial charge in [0.25, 0.3) is 0 Å². The van der Waals surface area contributed by atoms with Gasteiger partial charge >= 0.3 is 0 Å². The third kappa shape index (κ3) is 1.95. The Hall–Kier alpha value is -0.900. The van der Waals surface area contributed by atoms with Crippen molar-refractivity contribution in [1.82, 2.24) is 4.98 Å². The quantitative estimate of drug-likeness (QED) is 0.778. The van der Waals surface area contributed by atoms with Crippen molar-refractivity contribution in [2.24, 2.45) is 0 Å². The number of nitrogens with one attached hydrogen (secondary N) is 1. The normalized spacial score (nSPS) is 16.3. The molecule has 0 saturated carbocycles. The predicted octanol–water partition coefficient (Wildman–Crippen LogP) is 2.59. The maximum atomic E-state index is 12.1. The molecule has 78 valence electrons. The number of rotatable bonds is 1. The van der Waals surface area contributed by atoms with Gasteiger partial charge in [-0.25, -0.2) is 8.99 Å². The van der Waals surface area contributed by atoms with Gasteiger partial charge in [0.05, 0.1) is 14.6 Å². The third-order valence-corrected chi connectivity index (χ3v) is 4.71. The fraction of sp³-hybridized carbons (Fsp3) is 0.500. The van der Waals surface area contributed by atoms with Crippen molar-refractivity contribution in [3.63, 3.8) is 0 Å². The molecule has 0 aliphatic heterocycles. The highest BCUT2D eigenvalue weighted by atomic mass is 32.2. The molecule has 4 heteroatoms. The van der Waals surface area contributed by atoms with Crippen LogP contribution >= 0.6 is 0 Å². The molecule has 0 radical (unpaired) electrons. The highest BCUT2D eigenvalue weighted by Gasteiger charge is 2.26. The van der Waals surface area contributed by atoms with Crippen molar-refractivity contribution in [3.8, 4) is 0 Å². The summed E-state index contributed by atoms with van der Waals surface area (Å²) in [4.78, 5) is 4.57. The van der Waals surface area contributed by atoms with Crippen molar-refractivity contribution < 1.29 is 4.21 Å². The van der Waals surface area contributed by atoms with Gasteiger partial charge in [0.15, 0.2) is 0 Å². The average Bonchev–Trinajstić information content (AvgIpc) is 2.03. The Balaban J connectivity index is 3.25. The van der Waals surface area contributed by atoms with E-state index < -0.39 is 14.5 Å². The average molecular weight is 212 g/mol. The van der Waals surface area contributed by atoms with Crippen LogP contribution in [0.25, 0.3) is 0 Å². The fourth-order valence-electron chi connectivity index (χ4n) is 0.978. The van der Waals surface area contributed by atoms with Crippen LogP contribution < -0.4 is 0 Å². The van der Waals surface area contributed by atoms with Gasteiger partial charge in [-0.2, -0.15) is 0 Å². The lowest BCUT2D eigenvalue weighted by molar-refractivity contribution is 0.636. The summed E-state index contributed by atoms with van der Waals surface area (Å²) < 4.78 is 19.5. The Morgan fingerprint density at radius 3 is 2.29 bits per heavy atom. The summed E-state index contributed by atoms with van der Waals surface area (Å²) in [5.74, 6) is 0.